The number of hydrogen-bond acceptors (Lipinski definition) is 2. The van der Waals surface area contributed by atoms with E-state index in [0.29, 0.717) is 17.9 Å². The lowest BCUT2D eigenvalue weighted by Gasteiger charge is -2.08. The number of hydrogen-bond donors (Lipinski definition) is 2. The highest BCUT2D eigenvalue weighted by Gasteiger charge is 2.13. The monoisotopic (exact) mass is 278 g/mol. The van der Waals surface area contributed by atoms with Crippen LogP contribution in [0.4, 0.5) is 0 Å². The van der Waals surface area contributed by atoms with Crippen LogP contribution in [0.1, 0.15) is 11.1 Å². The molecule has 0 amide bonds. The molecule has 0 radical (unpaired) electrons. The Labute approximate surface area is 111 Å². The molecule has 2 aromatic rings. The van der Waals surface area contributed by atoms with E-state index in [0.717, 1.165) is 5.56 Å². The predicted octanol–water partition coefficient (Wildman–Crippen LogP) is 2.94. The van der Waals surface area contributed by atoms with Gasteiger partial charge in [-0.2, -0.15) is 0 Å². The first-order valence-corrected chi connectivity index (χ1v) is 7.63. The molecule has 2 aromatic carbocycles. The van der Waals surface area contributed by atoms with Gasteiger partial charge < -0.3 is 14.5 Å². The summed E-state index contributed by atoms with van der Waals surface area (Å²) in [5, 5.41) is 0. The minimum atomic E-state index is -4.01. The molecule has 0 spiro atoms. The van der Waals surface area contributed by atoms with Gasteiger partial charge in [-0.05, 0) is 23.3 Å². The summed E-state index contributed by atoms with van der Waals surface area (Å²) in [6, 6.07) is 16.6. The highest BCUT2D eigenvalue weighted by Crippen LogP contribution is 2.39. The Kier molecular flexibility index (Phi) is 4.38. The lowest BCUT2D eigenvalue weighted by Crippen LogP contribution is -1.95. The molecule has 0 unspecified atom stereocenters. The van der Waals surface area contributed by atoms with Gasteiger partial charge in [0.15, 0.2) is 0 Å². The highest BCUT2D eigenvalue weighted by atomic mass is 31.2. The van der Waals surface area contributed by atoms with E-state index in [4.69, 9.17) is 14.5 Å². The third kappa shape index (κ3) is 4.87. The third-order valence-electron chi connectivity index (χ3n) is 2.56. The van der Waals surface area contributed by atoms with E-state index in [1.165, 1.54) is 0 Å². The summed E-state index contributed by atoms with van der Waals surface area (Å²) >= 11 is 0. The molecule has 4 nitrogen and oxygen atoms in total. The number of benzene rings is 2. The van der Waals surface area contributed by atoms with Gasteiger partial charge in [-0.1, -0.05) is 42.5 Å². The van der Waals surface area contributed by atoms with E-state index in [-0.39, 0.29) is 6.16 Å². The zero-order valence-electron chi connectivity index (χ0n) is 10.3. The van der Waals surface area contributed by atoms with E-state index < -0.39 is 7.60 Å². The van der Waals surface area contributed by atoms with E-state index >= 15 is 0 Å². The van der Waals surface area contributed by atoms with Gasteiger partial charge >= 0.3 is 7.60 Å². The maximum Gasteiger partial charge on any atom is 0.329 e. The zero-order chi connectivity index (χ0) is 13.7. The van der Waals surface area contributed by atoms with Gasteiger partial charge in [0.05, 0.1) is 6.16 Å². The lowest BCUT2D eigenvalue weighted by molar-refractivity contribution is 0.306. The summed E-state index contributed by atoms with van der Waals surface area (Å²) in [5.41, 5.74) is 1.67. The van der Waals surface area contributed by atoms with Crippen molar-refractivity contribution in [2.45, 2.75) is 12.8 Å². The fourth-order valence-corrected chi connectivity index (χ4v) is 2.36. The third-order valence-corrected chi connectivity index (χ3v) is 3.34. The summed E-state index contributed by atoms with van der Waals surface area (Å²) in [6.45, 7) is 0.471. The van der Waals surface area contributed by atoms with Crippen LogP contribution in [0, 0.1) is 0 Å². The van der Waals surface area contributed by atoms with E-state index in [1.807, 2.05) is 30.3 Å². The molecule has 5 heteroatoms. The van der Waals surface area contributed by atoms with Crippen LogP contribution in [-0.4, -0.2) is 9.79 Å². The molecule has 100 valence electrons. The molecule has 0 saturated carbocycles. The minimum Gasteiger partial charge on any atom is -0.489 e. The summed E-state index contributed by atoms with van der Waals surface area (Å²) in [4.78, 5) is 17.7. The summed E-state index contributed by atoms with van der Waals surface area (Å²) < 4.78 is 16.4. The maximum atomic E-state index is 10.9. The maximum absolute atomic E-state index is 10.9. The van der Waals surface area contributed by atoms with Gasteiger partial charge in [0.2, 0.25) is 0 Å². The van der Waals surface area contributed by atoms with Crippen molar-refractivity contribution in [2.24, 2.45) is 0 Å². The van der Waals surface area contributed by atoms with Gasteiger partial charge in [0, 0.05) is 0 Å². The molecule has 2 rings (SSSR count). The second-order valence-electron chi connectivity index (χ2n) is 4.24. The van der Waals surface area contributed by atoms with Gasteiger partial charge in [-0.25, -0.2) is 0 Å². The fraction of sp³-hybridized carbons (Fsp3) is 0.143. The van der Waals surface area contributed by atoms with Crippen LogP contribution in [0.3, 0.4) is 0 Å². The van der Waals surface area contributed by atoms with Gasteiger partial charge in [-0.15, -0.1) is 0 Å². The highest BCUT2D eigenvalue weighted by molar-refractivity contribution is 7.50. The van der Waals surface area contributed by atoms with Crippen LogP contribution in [-0.2, 0) is 17.3 Å². The molecule has 0 saturated heterocycles. The Bertz CT molecular complexity index is 560. The van der Waals surface area contributed by atoms with Crippen molar-refractivity contribution in [3.8, 4) is 5.75 Å². The quantitative estimate of drug-likeness (QED) is 0.825. The first kappa shape index (κ1) is 13.8. The van der Waals surface area contributed by atoms with Crippen LogP contribution in [0.15, 0.2) is 54.6 Å². The molecule has 2 N–H and O–H groups in total. The average molecular weight is 278 g/mol. The second-order valence-corrected chi connectivity index (χ2v) is 5.89. The molecule has 0 bridgehead atoms. The van der Waals surface area contributed by atoms with Crippen molar-refractivity contribution in [1.29, 1.82) is 0 Å². The molecular weight excluding hydrogens is 263 g/mol. The topological polar surface area (TPSA) is 66.8 Å². The van der Waals surface area contributed by atoms with Crippen molar-refractivity contribution in [2.75, 3.05) is 0 Å². The molecule has 0 fully saturated rings. The number of rotatable bonds is 5. The molecule has 0 aliphatic heterocycles. The Hall–Kier alpha value is -1.61. The predicted molar refractivity (Wildman–Crippen MR) is 73.0 cm³/mol. The largest absolute Gasteiger partial charge is 0.489 e. The van der Waals surface area contributed by atoms with Crippen LogP contribution in [0.5, 0.6) is 5.75 Å². The summed E-state index contributed by atoms with van der Waals surface area (Å²) in [6.07, 6.45) is -0.244. The van der Waals surface area contributed by atoms with E-state index in [1.54, 1.807) is 24.3 Å². The lowest BCUT2D eigenvalue weighted by atomic mass is 10.2. The van der Waals surface area contributed by atoms with Crippen molar-refractivity contribution in [3.05, 3.63) is 65.7 Å². The summed E-state index contributed by atoms with van der Waals surface area (Å²) in [5.74, 6) is 0.679. The Morgan fingerprint density at radius 3 is 2.11 bits per heavy atom. The molecule has 0 aromatic heterocycles. The van der Waals surface area contributed by atoms with E-state index in [2.05, 4.69) is 0 Å². The smallest absolute Gasteiger partial charge is 0.329 e. The molecule has 0 aliphatic rings. The fourth-order valence-electron chi connectivity index (χ4n) is 1.67. The van der Waals surface area contributed by atoms with Crippen LogP contribution in [0.25, 0.3) is 0 Å². The van der Waals surface area contributed by atoms with Crippen molar-refractivity contribution >= 4 is 7.60 Å². The molecule has 0 heterocycles. The van der Waals surface area contributed by atoms with Gasteiger partial charge in [0.25, 0.3) is 0 Å². The van der Waals surface area contributed by atoms with Crippen LogP contribution >= 0.6 is 7.60 Å². The Morgan fingerprint density at radius 1 is 0.895 bits per heavy atom. The average Bonchev–Trinajstić information content (AvgIpc) is 2.37. The number of ether oxygens (including phenoxy) is 1. The molecule has 0 atom stereocenters. The SMILES string of the molecule is O=P(O)(O)Cc1ccc(OCc2ccccc2)cc1. The van der Waals surface area contributed by atoms with Crippen LogP contribution < -0.4 is 4.74 Å². The standard InChI is InChI=1S/C14H15O4P/c15-19(16,17)11-13-6-8-14(9-7-13)18-10-12-4-2-1-3-5-12/h1-9H,10-11H2,(H2,15,16,17). The molecule has 19 heavy (non-hydrogen) atoms. The van der Waals surface area contributed by atoms with Gasteiger partial charge in [-0.3, -0.25) is 4.57 Å². The van der Waals surface area contributed by atoms with E-state index in [9.17, 15) is 4.57 Å². The minimum absolute atomic E-state index is 0.244. The van der Waals surface area contributed by atoms with Crippen LogP contribution in [0.2, 0.25) is 0 Å². The van der Waals surface area contributed by atoms with Crippen molar-refractivity contribution < 1.29 is 19.1 Å². The molecule has 0 aliphatic carbocycles. The molecular formula is C14H15O4P. The van der Waals surface area contributed by atoms with Crippen molar-refractivity contribution in [1.82, 2.24) is 0 Å². The Morgan fingerprint density at radius 2 is 1.53 bits per heavy atom. The second kappa shape index (κ2) is 6.02. The first-order valence-electron chi connectivity index (χ1n) is 5.83. The zero-order valence-corrected chi connectivity index (χ0v) is 11.2. The normalized spacial score (nSPS) is 11.3. The Balaban J connectivity index is 1.94. The first-order chi connectivity index (χ1) is 9.03. The van der Waals surface area contributed by atoms with Gasteiger partial charge in [0.1, 0.15) is 12.4 Å². The summed E-state index contributed by atoms with van der Waals surface area (Å²) in [7, 11) is -4.01. The van der Waals surface area contributed by atoms with Crippen molar-refractivity contribution in [3.63, 3.8) is 0 Å².